The fraction of sp³-hybridized carbons (Fsp3) is 0.353. The molecule has 0 spiro atoms. The van der Waals surface area contributed by atoms with Gasteiger partial charge in [-0.3, -0.25) is 0 Å². The predicted octanol–water partition coefficient (Wildman–Crippen LogP) is 3.12. The zero-order chi connectivity index (χ0) is 17.9. The van der Waals surface area contributed by atoms with E-state index in [9.17, 15) is 9.59 Å². The largest absolute Gasteiger partial charge is 0.465 e. The van der Waals surface area contributed by atoms with Gasteiger partial charge >= 0.3 is 12.1 Å². The number of nitrogens with zero attached hydrogens (tertiary/aromatic N) is 1. The topological polar surface area (TPSA) is 102 Å². The van der Waals surface area contributed by atoms with Crippen molar-refractivity contribution >= 4 is 23.0 Å². The maximum absolute atomic E-state index is 11.8. The number of methoxy groups -OCH3 is 1. The molecule has 1 heterocycles. The molecule has 24 heavy (non-hydrogen) atoms. The minimum Gasteiger partial charge on any atom is -0.465 e. The number of nitrogens with one attached hydrogen (secondary N) is 1. The van der Waals surface area contributed by atoms with Crippen LogP contribution in [0.1, 0.15) is 42.5 Å². The lowest BCUT2D eigenvalue weighted by molar-refractivity contribution is 0.0518. The van der Waals surface area contributed by atoms with Crippen LogP contribution in [0, 0.1) is 11.3 Å². The van der Waals surface area contributed by atoms with Crippen LogP contribution < -0.4 is 5.32 Å². The van der Waals surface area contributed by atoms with Gasteiger partial charge in [-0.05, 0) is 39.0 Å². The molecule has 0 fully saturated rings. The summed E-state index contributed by atoms with van der Waals surface area (Å²) in [6.07, 6.45) is -0.575. The van der Waals surface area contributed by atoms with Gasteiger partial charge in [-0.15, -0.1) is 0 Å². The molecule has 0 aliphatic carbocycles. The standard InChI is InChI=1S/C17H18N2O5/c1-17(2,3)24-16(21)19-9-12-7-11-5-10(8-18)6-13(14(11)23-12)15(20)22-4/h5-7H,9H2,1-4H3,(H,19,21). The summed E-state index contributed by atoms with van der Waals surface area (Å²) in [7, 11) is 1.25. The van der Waals surface area contributed by atoms with Gasteiger partial charge in [0.2, 0.25) is 0 Å². The van der Waals surface area contributed by atoms with Gasteiger partial charge in [0.25, 0.3) is 0 Å². The monoisotopic (exact) mass is 330 g/mol. The van der Waals surface area contributed by atoms with Gasteiger partial charge < -0.3 is 19.2 Å². The zero-order valence-corrected chi connectivity index (χ0v) is 13.9. The molecule has 2 aromatic rings. The van der Waals surface area contributed by atoms with E-state index < -0.39 is 17.7 Å². The Bertz CT molecular complexity index is 824. The van der Waals surface area contributed by atoms with E-state index in [0.29, 0.717) is 22.3 Å². The molecule has 1 aromatic heterocycles. The van der Waals surface area contributed by atoms with Crippen molar-refractivity contribution in [2.75, 3.05) is 7.11 Å². The lowest BCUT2D eigenvalue weighted by atomic mass is 10.1. The second-order valence-corrected chi connectivity index (χ2v) is 6.11. The molecule has 0 aliphatic heterocycles. The highest BCUT2D eigenvalue weighted by Crippen LogP contribution is 2.25. The summed E-state index contributed by atoms with van der Waals surface area (Å²) >= 11 is 0. The second kappa shape index (κ2) is 6.62. The van der Waals surface area contributed by atoms with Crippen LogP contribution in [0.25, 0.3) is 11.0 Å². The fourth-order valence-corrected chi connectivity index (χ4v) is 2.09. The molecular formula is C17H18N2O5. The third kappa shape index (κ3) is 4.04. The first-order valence-corrected chi connectivity index (χ1v) is 7.25. The van der Waals surface area contributed by atoms with Crippen molar-refractivity contribution in [1.29, 1.82) is 5.26 Å². The van der Waals surface area contributed by atoms with E-state index in [1.165, 1.54) is 13.2 Å². The Morgan fingerprint density at radius 1 is 1.29 bits per heavy atom. The molecule has 0 unspecified atom stereocenters. The number of furan rings is 1. The van der Waals surface area contributed by atoms with Crippen molar-refractivity contribution in [3.05, 3.63) is 35.1 Å². The van der Waals surface area contributed by atoms with Crippen LogP contribution in [-0.2, 0) is 16.0 Å². The Labute approximate surface area is 139 Å². The zero-order valence-electron chi connectivity index (χ0n) is 13.9. The molecule has 0 atom stereocenters. The Hall–Kier alpha value is -3.01. The van der Waals surface area contributed by atoms with Crippen LogP contribution in [0.2, 0.25) is 0 Å². The first kappa shape index (κ1) is 17.3. The summed E-state index contributed by atoms with van der Waals surface area (Å²) in [4.78, 5) is 23.5. The minimum absolute atomic E-state index is 0.0894. The Kier molecular flexibility index (Phi) is 4.79. The molecule has 0 saturated carbocycles. The van der Waals surface area contributed by atoms with Gasteiger partial charge in [-0.1, -0.05) is 0 Å². The van der Waals surface area contributed by atoms with Crippen molar-refractivity contribution in [3.63, 3.8) is 0 Å². The number of amides is 1. The summed E-state index contributed by atoms with van der Waals surface area (Å²) in [6, 6.07) is 6.64. The second-order valence-electron chi connectivity index (χ2n) is 6.11. The number of benzene rings is 1. The summed E-state index contributed by atoms with van der Waals surface area (Å²) in [6.45, 7) is 5.38. The van der Waals surface area contributed by atoms with Gasteiger partial charge in [-0.2, -0.15) is 5.26 Å². The molecule has 0 bridgehead atoms. The van der Waals surface area contributed by atoms with E-state index in [0.717, 1.165) is 0 Å². The van der Waals surface area contributed by atoms with Crippen molar-refractivity contribution in [2.45, 2.75) is 32.9 Å². The molecule has 1 amide bonds. The molecule has 1 N–H and O–H groups in total. The SMILES string of the molecule is COC(=O)c1cc(C#N)cc2cc(CNC(=O)OC(C)(C)C)oc12. The van der Waals surface area contributed by atoms with Crippen molar-refractivity contribution < 1.29 is 23.5 Å². The maximum atomic E-state index is 11.8. The molecule has 7 heteroatoms. The summed E-state index contributed by atoms with van der Waals surface area (Å²) in [5, 5.41) is 12.2. The number of esters is 1. The molecule has 0 radical (unpaired) electrons. The molecule has 126 valence electrons. The molecule has 0 aliphatic rings. The Morgan fingerprint density at radius 2 is 2.00 bits per heavy atom. The summed E-state index contributed by atoms with van der Waals surface area (Å²) in [5.74, 6) is -0.172. The van der Waals surface area contributed by atoms with Crippen LogP contribution in [0.5, 0.6) is 0 Å². The van der Waals surface area contributed by atoms with Gasteiger partial charge in [0.15, 0.2) is 0 Å². The smallest absolute Gasteiger partial charge is 0.408 e. The molecule has 7 nitrogen and oxygen atoms in total. The highest BCUT2D eigenvalue weighted by molar-refractivity contribution is 6.02. The van der Waals surface area contributed by atoms with Crippen LogP contribution >= 0.6 is 0 Å². The van der Waals surface area contributed by atoms with E-state index in [4.69, 9.17) is 19.2 Å². The summed E-state index contributed by atoms with van der Waals surface area (Å²) in [5.41, 5.74) is 0.185. The lowest BCUT2D eigenvalue weighted by Crippen LogP contribution is -2.32. The van der Waals surface area contributed by atoms with Crippen molar-refractivity contribution in [3.8, 4) is 6.07 Å². The maximum Gasteiger partial charge on any atom is 0.408 e. The fourth-order valence-electron chi connectivity index (χ4n) is 2.09. The average Bonchev–Trinajstić information content (AvgIpc) is 2.92. The van der Waals surface area contributed by atoms with Crippen LogP contribution in [0.3, 0.4) is 0 Å². The van der Waals surface area contributed by atoms with E-state index in [1.54, 1.807) is 32.9 Å². The Morgan fingerprint density at radius 3 is 2.58 bits per heavy atom. The third-order valence-electron chi connectivity index (χ3n) is 3.01. The van der Waals surface area contributed by atoms with Crippen LogP contribution in [0.15, 0.2) is 22.6 Å². The normalized spacial score (nSPS) is 11.0. The predicted molar refractivity (Wildman–Crippen MR) is 85.3 cm³/mol. The number of rotatable bonds is 3. The molecule has 1 aromatic carbocycles. The minimum atomic E-state index is -0.599. The average molecular weight is 330 g/mol. The van der Waals surface area contributed by atoms with Gasteiger partial charge in [0, 0.05) is 5.39 Å². The number of ether oxygens (including phenoxy) is 2. The number of hydrogen-bond donors (Lipinski definition) is 1. The van der Waals surface area contributed by atoms with E-state index in [1.807, 2.05) is 6.07 Å². The van der Waals surface area contributed by atoms with E-state index in [2.05, 4.69) is 5.32 Å². The van der Waals surface area contributed by atoms with Crippen molar-refractivity contribution in [2.24, 2.45) is 0 Å². The van der Waals surface area contributed by atoms with E-state index >= 15 is 0 Å². The number of carbonyl (C=O) groups is 2. The first-order valence-electron chi connectivity index (χ1n) is 7.25. The first-order chi connectivity index (χ1) is 11.2. The lowest BCUT2D eigenvalue weighted by Gasteiger charge is -2.19. The number of nitriles is 1. The molecule has 0 saturated heterocycles. The highest BCUT2D eigenvalue weighted by Gasteiger charge is 2.19. The number of fused-ring (bicyclic) bond motifs is 1. The summed E-state index contributed by atoms with van der Waals surface area (Å²) < 4.78 is 15.5. The highest BCUT2D eigenvalue weighted by atomic mass is 16.6. The van der Waals surface area contributed by atoms with Gasteiger partial charge in [-0.25, -0.2) is 9.59 Å². The van der Waals surface area contributed by atoms with Gasteiger partial charge in [0.1, 0.15) is 22.5 Å². The van der Waals surface area contributed by atoms with Crippen LogP contribution in [0.4, 0.5) is 4.79 Å². The van der Waals surface area contributed by atoms with E-state index in [-0.39, 0.29) is 12.1 Å². The third-order valence-corrected chi connectivity index (χ3v) is 3.01. The van der Waals surface area contributed by atoms with Crippen molar-refractivity contribution in [1.82, 2.24) is 5.32 Å². The van der Waals surface area contributed by atoms with Crippen LogP contribution in [-0.4, -0.2) is 24.8 Å². The quantitative estimate of drug-likeness (QED) is 0.868. The number of alkyl carbamates (subject to hydrolysis) is 1. The van der Waals surface area contributed by atoms with Gasteiger partial charge in [0.05, 0.1) is 25.3 Å². The Balaban J connectivity index is 2.26. The number of hydrogen-bond acceptors (Lipinski definition) is 6. The molecule has 2 rings (SSSR count). The molecular weight excluding hydrogens is 312 g/mol. The number of carbonyl (C=O) groups excluding carboxylic acids is 2.